The van der Waals surface area contributed by atoms with E-state index in [2.05, 4.69) is 9.97 Å². The van der Waals surface area contributed by atoms with E-state index in [9.17, 15) is 14.9 Å². The van der Waals surface area contributed by atoms with Crippen molar-refractivity contribution in [3.05, 3.63) is 87.1 Å². The lowest BCUT2D eigenvalue weighted by Gasteiger charge is -2.18. The molecule has 0 saturated heterocycles. The fourth-order valence-corrected chi connectivity index (χ4v) is 4.62. The number of aromatic nitrogens is 2. The summed E-state index contributed by atoms with van der Waals surface area (Å²) >= 11 is 2.47. The minimum absolute atomic E-state index is 0.0378. The molecule has 7 nitrogen and oxygen atoms in total. The Kier molecular flexibility index (Phi) is 5.64. The van der Waals surface area contributed by atoms with Gasteiger partial charge in [0.15, 0.2) is 5.13 Å². The number of thiophene rings is 1. The van der Waals surface area contributed by atoms with Gasteiger partial charge in [-0.1, -0.05) is 34.8 Å². The van der Waals surface area contributed by atoms with Crippen molar-refractivity contribution in [2.45, 2.75) is 13.5 Å². The normalized spacial score (nSPS) is 11.2. The number of hydrogen-bond acceptors (Lipinski definition) is 7. The Balaban J connectivity index is 1.65. The molecule has 0 aliphatic rings. The van der Waals surface area contributed by atoms with Crippen LogP contribution in [0.3, 0.4) is 0 Å². The summed E-state index contributed by atoms with van der Waals surface area (Å²) in [4.78, 5) is 34.5. The minimum Gasteiger partial charge on any atom is -0.280 e. The SMILES string of the molecule is Cc1ccc2nc(N(Cc3cccnc3)C(=O)/C=C/c3ccc([N+](=O)[O-])s3)sc2c1. The van der Waals surface area contributed by atoms with Crippen molar-refractivity contribution in [2.24, 2.45) is 0 Å². The maximum Gasteiger partial charge on any atom is 0.324 e. The van der Waals surface area contributed by atoms with E-state index >= 15 is 0 Å². The number of aryl methyl sites for hydroxylation is 1. The highest BCUT2D eigenvalue weighted by Crippen LogP contribution is 2.31. The molecule has 3 heterocycles. The number of rotatable bonds is 6. The summed E-state index contributed by atoms with van der Waals surface area (Å²) in [6, 6.07) is 12.7. The molecule has 0 bridgehead atoms. The number of fused-ring (bicyclic) bond motifs is 1. The van der Waals surface area contributed by atoms with Crippen LogP contribution in [0, 0.1) is 17.0 Å². The molecule has 0 N–H and O–H groups in total. The second-order valence-electron chi connectivity index (χ2n) is 6.52. The molecule has 1 aromatic carbocycles. The van der Waals surface area contributed by atoms with Crippen LogP contribution in [0.1, 0.15) is 16.0 Å². The quantitative estimate of drug-likeness (QED) is 0.235. The van der Waals surface area contributed by atoms with Gasteiger partial charge in [0.05, 0.1) is 21.7 Å². The van der Waals surface area contributed by atoms with Gasteiger partial charge >= 0.3 is 5.00 Å². The number of carbonyl (C=O) groups excluding carboxylic acids is 1. The molecule has 0 radical (unpaired) electrons. The number of thiazole rings is 1. The summed E-state index contributed by atoms with van der Waals surface area (Å²) < 4.78 is 1.01. The average Bonchev–Trinajstić information content (AvgIpc) is 3.37. The third-order valence-corrected chi connectivity index (χ3v) is 6.32. The van der Waals surface area contributed by atoms with Crippen LogP contribution in [-0.4, -0.2) is 20.8 Å². The first-order valence-corrected chi connectivity index (χ1v) is 10.6. The lowest BCUT2D eigenvalue weighted by Crippen LogP contribution is -2.28. The van der Waals surface area contributed by atoms with Gasteiger partial charge in [-0.3, -0.25) is 24.8 Å². The Labute approximate surface area is 180 Å². The Morgan fingerprint density at radius 1 is 1.23 bits per heavy atom. The fraction of sp³-hybridized carbons (Fsp3) is 0.0952. The summed E-state index contributed by atoms with van der Waals surface area (Å²) in [7, 11) is 0. The molecule has 4 aromatic rings. The van der Waals surface area contributed by atoms with E-state index in [0.717, 1.165) is 32.7 Å². The number of benzene rings is 1. The van der Waals surface area contributed by atoms with Crippen molar-refractivity contribution >= 4 is 55.0 Å². The molecule has 0 unspecified atom stereocenters. The van der Waals surface area contributed by atoms with Gasteiger partial charge in [0.2, 0.25) is 0 Å². The second kappa shape index (κ2) is 8.52. The van der Waals surface area contributed by atoms with Crippen molar-refractivity contribution in [1.82, 2.24) is 9.97 Å². The maximum absolute atomic E-state index is 13.1. The molecule has 30 heavy (non-hydrogen) atoms. The molecule has 9 heteroatoms. The molecule has 0 fully saturated rings. The van der Waals surface area contributed by atoms with E-state index < -0.39 is 4.92 Å². The maximum atomic E-state index is 13.1. The van der Waals surface area contributed by atoms with Gasteiger partial charge in [-0.2, -0.15) is 0 Å². The van der Waals surface area contributed by atoms with Gasteiger partial charge in [0.25, 0.3) is 5.91 Å². The van der Waals surface area contributed by atoms with Crippen LogP contribution in [-0.2, 0) is 11.3 Å². The summed E-state index contributed by atoms with van der Waals surface area (Å²) in [5.74, 6) is -0.259. The first kappa shape index (κ1) is 19.9. The molecule has 0 aliphatic carbocycles. The molecule has 1 amide bonds. The average molecular weight is 437 g/mol. The number of nitro groups is 1. The number of nitrogens with zero attached hydrogens (tertiary/aromatic N) is 4. The summed E-state index contributed by atoms with van der Waals surface area (Å²) in [5.41, 5.74) is 2.84. The lowest BCUT2D eigenvalue weighted by atomic mass is 10.2. The van der Waals surface area contributed by atoms with Gasteiger partial charge in [0.1, 0.15) is 0 Å². The second-order valence-corrected chi connectivity index (χ2v) is 8.62. The third-order valence-electron chi connectivity index (χ3n) is 4.28. The highest BCUT2D eigenvalue weighted by atomic mass is 32.1. The standard InChI is InChI=1S/C21H16N4O3S2/c1-14-4-7-17-18(11-14)30-21(23-17)24(13-15-3-2-10-22-12-15)19(26)8-5-16-6-9-20(29-16)25(27)28/h2-12H,13H2,1H3/b8-5+. The predicted molar refractivity (Wildman–Crippen MR) is 120 cm³/mol. The van der Waals surface area contributed by atoms with E-state index in [1.807, 2.05) is 37.3 Å². The van der Waals surface area contributed by atoms with Crippen LogP contribution in [0.5, 0.6) is 0 Å². The van der Waals surface area contributed by atoms with E-state index in [-0.39, 0.29) is 10.9 Å². The smallest absolute Gasteiger partial charge is 0.280 e. The van der Waals surface area contributed by atoms with Crippen molar-refractivity contribution in [3.8, 4) is 0 Å². The Morgan fingerprint density at radius 3 is 2.83 bits per heavy atom. The van der Waals surface area contributed by atoms with Crippen molar-refractivity contribution in [3.63, 3.8) is 0 Å². The zero-order valence-corrected chi connectivity index (χ0v) is 17.5. The zero-order valence-electron chi connectivity index (χ0n) is 15.9. The van der Waals surface area contributed by atoms with E-state index in [1.165, 1.54) is 23.5 Å². The van der Waals surface area contributed by atoms with Gasteiger partial charge in [0, 0.05) is 29.4 Å². The molecule has 0 atom stereocenters. The third kappa shape index (κ3) is 4.42. The molecular weight excluding hydrogens is 420 g/mol. The number of anilines is 1. The number of carbonyl (C=O) groups is 1. The Bertz CT molecular complexity index is 1250. The van der Waals surface area contributed by atoms with E-state index in [1.54, 1.807) is 29.4 Å². The molecule has 0 saturated carbocycles. The molecular formula is C21H16N4O3S2. The topological polar surface area (TPSA) is 89.2 Å². The van der Waals surface area contributed by atoms with Crippen LogP contribution in [0.25, 0.3) is 16.3 Å². The van der Waals surface area contributed by atoms with Crippen LogP contribution in [0.2, 0.25) is 0 Å². The molecule has 0 aliphatic heterocycles. The highest BCUT2D eigenvalue weighted by Gasteiger charge is 2.19. The largest absolute Gasteiger partial charge is 0.324 e. The first-order chi connectivity index (χ1) is 14.5. The number of hydrogen-bond donors (Lipinski definition) is 0. The van der Waals surface area contributed by atoms with E-state index in [4.69, 9.17) is 0 Å². The van der Waals surface area contributed by atoms with Gasteiger partial charge in [-0.15, -0.1) is 0 Å². The van der Waals surface area contributed by atoms with Crippen LogP contribution in [0.4, 0.5) is 10.1 Å². The number of amides is 1. The molecule has 4 rings (SSSR count). The predicted octanol–water partition coefficient (Wildman–Crippen LogP) is 5.22. The van der Waals surface area contributed by atoms with Crippen molar-refractivity contribution in [2.75, 3.05) is 4.90 Å². The Morgan fingerprint density at radius 2 is 2.10 bits per heavy atom. The molecule has 3 aromatic heterocycles. The zero-order chi connectivity index (χ0) is 21.1. The summed E-state index contributed by atoms with van der Waals surface area (Å²) in [6.07, 6.45) is 6.40. The van der Waals surface area contributed by atoms with E-state index in [0.29, 0.717) is 16.6 Å². The Hall–Kier alpha value is -3.43. The van der Waals surface area contributed by atoms with Crippen LogP contribution < -0.4 is 4.90 Å². The lowest BCUT2D eigenvalue weighted by molar-refractivity contribution is -0.380. The van der Waals surface area contributed by atoms with Gasteiger partial charge in [-0.05, 0) is 48.4 Å². The minimum atomic E-state index is -0.443. The van der Waals surface area contributed by atoms with Crippen molar-refractivity contribution in [1.29, 1.82) is 0 Å². The summed E-state index contributed by atoms with van der Waals surface area (Å²) in [5, 5.41) is 11.5. The van der Waals surface area contributed by atoms with Crippen LogP contribution in [0.15, 0.2) is 60.9 Å². The fourth-order valence-electron chi connectivity index (χ4n) is 2.82. The van der Waals surface area contributed by atoms with Gasteiger partial charge < -0.3 is 0 Å². The highest BCUT2D eigenvalue weighted by molar-refractivity contribution is 7.22. The van der Waals surface area contributed by atoms with Crippen LogP contribution >= 0.6 is 22.7 Å². The first-order valence-electron chi connectivity index (χ1n) is 8.99. The molecule has 0 spiro atoms. The summed E-state index contributed by atoms with van der Waals surface area (Å²) in [6.45, 7) is 2.33. The molecule has 150 valence electrons. The van der Waals surface area contributed by atoms with Crippen molar-refractivity contribution < 1.29 is 9.72 Å². The monoisotopic (exact) mass is 436 g/mol. The number of pyridine rings is 1. The van der Waals surface area contributed by atoms with Gasteiger partial charge in [-0.25, -0.2) is 4.98 Å².